The second-order valence-electron chi connectivity index (χ2n) is 3.30. The van der Waals surface area contributed by atoms with Crippen molar-refractivity contribution >= 4 is 15.9 Å². The number of rotatable bonds is 5. The van der Waals surface area contributed by atoms with E-state index in [4.69, 9.17) is 14.2 Å². The van der Waals surface area contributed by atoms with Crippen LogP contribution >= 0.6 is 15.9 Å². The van der Waals surface area contributed by atoms with Crippen LogP contribution in [0, 0.1) is 0 Å². The maximum atomic E-state index is 5.40. The fourth-order valence-corrected chi connectivity index (χ4v) is 1.95. The lowest BCUT2D eigenvalue weighted by atomic mass is 10.1. The van der Waals surface area contributed by atoms with E-state index in [-0.39, 0.29) is 4.83 Å². The summed E-state index contributed by atoms with van der Waals surface area (Å²) in [6, 6.07) is 3.88. The molecule has 0 bridgehead atoms. The van der Waals surface area contributed by atoms with E-state index >= 15 is 0 Å². The second kappa shape index (κ2) is 5.99. The van der Waals surface area contributed by atoms with Gasteiger partial charge in [-0.2, -0.15) is 0 Å². The van der Waals surface area contributed by atoms with E-state index in [2.05, 4.69) is 22.9 Å². The largest absolute Gasteiger partial charge is 0.493 e. The monoisotopic (exact) mass is 288 g/mol. The van der Waals surface area contributed by atoms with Crippen molar-refractivity contribution in [1.82, 2.24) is 0 Å². The summed E-state index contributed by atoms with van der Waals surface area (Å²) in [5, 5.41) is 0. The number of hydrogen-bond donors (Lipinski definition) is 0. The second-order valence-corrected chi connectivity index (χ2v) is 4.40. The molecule has 1 rings (SSSR count). The predicted octanol–water partition coefficient (Wildman–Crippen LogP) is 3.56. The minimum absolute atomic E-state index is 0.252. The number of ether oxygens (including phenoxy) is 3. The first kappa shape index (κ1) is 13.2. The average Bonchev–Trinajstić information content (AvgIpc) is 2.35. The Morgan fingerprint density at radius 2 is 1.69 bits per heavy atom. The van der Waals surface area contributed by atoms with Crippen molar-refractivity contribution in [3.8, 4) is 17.2 Å². The zero-order valence-corrected chi connectivity index (χ0v) is 11.6. The molecule has 0 radical (unpaired) electrons. The summed E-state index contributed by atoms with van der Waals surface area (Å²) in [5.74, 6) is 2.05. The Hall–Kier alpha value is -0.900. The van der Waals surface area contributed by atoms with Gasteiger partial charge in [-0.05, 0) is 12.5 Å². The van der Waals surface area contributed by atoms with Gasteiger partial charge in [0.2, 0.25) is 5.75 Å². The lowest BCUT2D eigenvalue weighted by Gasteiger charge is -2.17. The molecule has 0 spiro atoms. The lowest BCUT2D eigenvalue weighted by Crippen LogP contribution is -2.00. The Bertz CT molecular complexity index is 352. The summed E-state index contributed by atoms with van der Waals surface area (Å²) >= 11 is 3.61. The Balaban J connectivity index is 3.31. The van der Waals surface area contributed by atoms with E-state index in [9.17, 15) is 0 Å². The normalized spacial score (nSPS) is 12.1. The Morgan fingerprint density at radius 1 is 1.06 bits per heavy atom. The molecule has 3 nitrogen and oxygen atoms in total. The highest BCUT2D eigenvalue weighted by atomic mass is 79.9. The predicted molar refractivity (Wildman–Crippen MR) is 68.1 cm³/mol. The van der Waals surface area contributed by atoms with Crippen LogP contribution in [0.15, 0.2) is 12.1 Å². The molecule has 0 amide bonds. The SMILES string of the molecule is CCC(Br)c1ccc(OC)c(OC)c1OC. The van der Waals surface area contributed by atoms with Gasteiger partial charge in [-0.3, -0.25) is 0 Å². The van der Waals surface area contributed by atoms with Crippen molar-refractivity contribution in [2.75, 3.05) is 21.3 Å². The van der Waals surface area contributed by atoms with Crippen molar-refractivity contribution in [3.63, 3.8) is 0 Å². The molecule has 1 unspecified atom stereocenters. The molecule has 0 aromatic heterocycles. The van der Waals surface area contributed by atoms with Gasteiger partial charge >= 0.3 is 0 Å². The van der Waals surface area contributed by atoms with E-state index in [0.717, 1.165) is 17.7 Å². The molecule has 0 heterocycles. The van der Waals surface area contributed by atoms with Crippen LogP contribution in [0.1, 0.15) is 23.7 Å². The quantitative estimate of drug-likeness (QED) is 0.776. The van der Waals surface area contributed by atoms with Crippen LogP contribution in [0.2, 0.25) is 0 Å². The smallest absolute Gasteiger partial charge is 0.203 e. The van der Waals surface area contributed by atoms with Gasteiger partial charge in [0.15, 0.2) is 11.5 Å². The van der Waals surface area contributed by atoms with Gasteiger partial charge in [-0.15, -0.1) is 0 Å². The molecule has 0 saturated carbocycles. The van der Waals surface area contributed by atoms with Gasteiger partial charge in [0.05, 0.1) is 21.3 Å². The number of alkyl halides is 1. The van der Waals surface area contributed by atoms with Crippen LogP contribution in [0.4, 0.5) is 0 Å². The fourth-order valence-electron chi connectivity index (χ4n) is 1.59. The molecule has 16 heavy (non-hydrogen) atoms. The summed E-state index contributed by atoms with van der Waals surface area (Å²) in [5.41, 5.74) is 1.07. The lowest BCUT2D eigenvalue weighted by molar-refractivity contribution is 0.322. The van der Waals surface area contributed by atoms with E-state index in [1.165, 1.54) is 0 Å². The first-order valence-corrected chi connectivity index (χ1v) is 6.04. The minimum Gasteiger partial charge on any atom is -0.493 e. The van der Waals surface area contributed by atoms with Crippen molar-refractivity contribution in [1.29, 1.82) is 0 Å². The third-order valence-electron chi connectivity index (χ3n) is 2.43. The molecule has 0 aliphatic carbocycles. The molecule has 0 N–H and O–H groups in total. The van der Waals surface area contributed by atoms with E-state index in [0.29, 0.717) is 11.5 Å². The van der Waals surface area contributed by atoms with Crippen LogP contribution in [-0.2, 0) is 0 Å². The number of hydrogen-bond acceptors (Lipinski definition) is 3. The highest BCUT2D eigenvalue weighted by Crippen LogP contribution is 2.44. The molecule has 4 heteroatoms. The fraction of sp³-hybridized carbons (Fsp3) is 0.500. The van der Waals surface area contributed by atoms with Crippen molar-refractivity contribution in [2.45, 2.75) is 18.2 Å². The van der Waals surface area contributed by atoms with Crippen molar-refractivity contribution in [3.05, 3.63) is 17.7 Å². The number of halogens is 1. The molecule has 0 saturated heterocycles. The molecular formula is C12H17BrO3. The summed E-state index contributed by atoms with van der Waals surface area (Å²) < 4.78 is 15.9. The Morgan fingerprint density at radius 3 is 2.12 bits per heavy atom. The molecule has 0 aliphatic heterocycles. The summed E-state index contributed by atoms with van der Waals surface area (Å²) in [6.45, 7) is 2.11. The number of benzene rings is 1. The maximum absolute atomic E-state index is 5.40. The van der Waals surface area contributed by atoms with Gasteiger partial charge in [-0.1, -0.05) is 28.9 Å². The maximum Gasteiger partial charge on any atom is 0.203 e. The minimum atomic E-state index is 0.252. The van der Waals surface area contributed by atoms with Crippen LogP contribution in [0.3, 0.4) is 0 Å². The van der Waals surface area contributed by atoms with Crippen molar-refractivity contribution < 1.29 is 14.2 Å². The molecule has 1 atom stereocenters. The number of methoxy groups -OCH3 is 3. The third kappa shape index (κ3) is 2.43. The van der Waals surface area contributed by atoms with Gasteiger partial charge in [0.25, 0.3) is 0 Å². The first-order chi connectivity index (χ1) is 7.69. The zero-order valence-electron chi connectivity index (χ0n) is 10.0. The topological polar surface area (TPSA) is 27.7 Å². The molecule has 1 aromatic carbocycles. The van der Waals surface area contributed by atoms with Gasteiger partial charge in [0.1, 0.15) is 0 Å². The summed E-state index contributed by atoms with van der Waals surface area (Å²) in [4.78, 5) is 0.252. The highest BCUT2D eigenvalue weighted by Gasteiger charge is 2.19. The molecule has 1 aromatic rings. The Labute approximate surface area is 105 Å². The van der Waals surface area contributed by atoms with Crippen LogP contribution in [0.5, 0.6) is 17.2 Å². The average molecular weight is 289 g/mol. The van der Waals surface area contributed by atoms with Crippen LogP contribution < -0.4 is 14.2 Å². The van der Waals surface area contributed by atoms with E-state index < -0.39 is 0 Å². The standard InChI is InChI=1S/C12H17BrO3/c1-5-9(13)8-6-7-10(14-2)12(16-4)11(8)15-3/h6-7,9H,5H2,1-4H3. The third-order valence-corrected chi connectivity index (χ3v) is 3.57. The molecule has 0 aliphatic rings. The van der Waals surface area contributed by atoms with Crippen molar-refractivity contribution in [2.24, 2.45) is 0 Å². The first-order valence-electron chi connectivity index (χ1n) is 5.12. The Kier molecular flexibility index (Phi) is 4.93. The summed E-state index contributed by atoms with van der Waals surface area (Å²) in [7, 11) is 4.86. The molecule has 90 valence electrons. The van der Waals surface area contributed by atoms with Crippen LogP contribution in [0.25, 0.3) is 0 Å². The zero-order chi connectivity index (χ0) is 12.1. The highest BCUT2D eigenvalue weighted by molar-refractivity contribution is 9.09. The van der Waals surface area contributed by atoms with E-state index in [1.54, 1.807) is 21.3 Å². The van der Waals surface area contributed by atoms with Gasteiger partial charge in [0, 0.05) is 10.4 Å². The molecular weight excluding hydrogens is 272 g/mol. The molecule has 0 fully saturated rings. The van der Waals surface area contributed by atoms with Crippen LogP contribution in [-0.4, -0.2) is 21.3 Å². The van der Waals surface area contributed by atoms with Gasteiger partial charge < -0.3 is 14.2 Å². The van der Waals surface area contributed by atoms with Gasteiger partial charge in [-0.25, -0.2) is 0 Å². The van der Waals surface area contributed by atoms with E-state index in [1.807, 2.05) is 12.1 Å². The summed E-state index contributed by atoms with van der Waals surface area (Å²) in [6.07, 6.45) is 0.978.